The van der Waals surface area contributed by atoms with Gasteiger partial charge < -0.3 is 16.8 Å². The Balaban J connectivity index is 2.47. The topological polar surface area (TPSA) is 81.1 Å². The smallest absolute Gasteiger partial charge is 0.250 e. The third-order valence-corrected chi connectivity index (χ3v) is 2.96. The van der Waals surface area contributed by atoms with Gasteiger partial charge in [0.15, 0.2) is 0 Å². The molecular formula is C14H14ClN3O. The van der Waals surface area contributed by atoms with Gasteiger partial charge in [-0.15, -0.1) is 0 Å². The van der Waals surface area contributed by atoms with Crippen LogP contribution in [0.15, 0.2) is 36.4 Å². The van der Waals surface area contributed by atoms with Gasteiger partial charge in [0, 0.05) is 11.4 Å². The lowest BCUT2D eigenvalue weighted by Crippen LogP contribution is -2.14. The van der Waals surface area contributed by atoms with Crippen molar-refractivity contribution in [2.24, 2.45) is 5.73 Å². The largest absolute Gasteiger partial charge is 0.399 e. The van der Waals surface area contributed by atoms with Crippen LogP contribution in [-0.4, -0.2) is 5.91 Å². The molecule has 0 aliphatic carbocycles. The molecule has 0 aliphatic heterocycles. The molecule has 4 nitrogen and oxygen atoms in total. The average Bonchev–Trinajstić information content (AvgIpc) is 2.32. The number of benzene rings is 2. The number of carbonyl (C=O) groups excluding carboxylic acids is 1. The number of carbonyl (C=O) groups is 1. The first-order chi connectivity index (χ1) is 8.97. The van der Waals surface area contributed by atoms with Crippen LogP contribution in [0.2, 0.25) is 5.02 Å². The molecular weight excluding hydrogens is 262 g/mol. The Bertz CT molecular complexity index is 641. The number of primary amides is 1. The number of nitrogen functional groups attached to an aromatic ring is 1. The van der Waals surface area contributed by atoms with Crippen LogP contribution in [0.25, 0.3) is 0 Å². The summed E-state index contributed by atoms with van der Waals surface area (Å²) in [5.74, 6) is -0.579. The van der Waals surface area contributed by atoms with E-state index in [4.69, 9.17) is 23.1 Å². The van der Waals surface area contributed by atoms with Crippen molar-refractivity contribution in [2.75, 3.05) is 11.1 Å². The molecule has 0 unspecified atom stereocenters. The zero-order chi connectivity index (χ0) is 14.0. The summed E-state index contributed by atoms with van der Waals surface area (Å²) in [5.41, 5.74) is 14.1. The minimum atomic E-state index is -0.579. The van der Waals surface area contributed by atoms with Gasteiger partial charge in [-0.1, -0.05) is 23.7 Å². The number of halogens is 1. The first kappa shape index (κ1) is 13.2. The molecule has 0 atom stereocenters. The van der Waals surface area contributed by atoms with E-state index in [0.717, 1.165) is 11.3 Å². The third kappa shape index (κ3) is 2.98. The van der Waals surface area contributed by atoms with E-state index < -0.39 is 5.91 Å². The Morgan fingerprint density at radius 3 is 2.63 bits per heavy atom. The van der Waals surface area contributed by atoms with Crippen molar-refractivity contribution in [3.05, 3.63) is 52.5 Å². The molecule has 0 spiro atoms. The number of amides is 1. The molecule has 0 aliphatic rings. The molecule has 2 aromatic carbocycles. The lowest BCUT2D eigenvalue weighted by atomic mass is 10.1. The van der Waals surface area contributed by atoms with Gasteiger partial charge in [-0.05, 0) is 36.8 Å². The van der Waals surface area contributed by atoms with Gasteiger partial charge in [0.05, 0.1) is 16.3 Å². The Morgan fingerprint density at radius 2 is 2.00 bits per heavy atom. The number of rotatable bonds is 3. The molecule has 2 aromatic rings. The highest BCUT2D eigenvalue weighted by atomic mass is 35.5. The summed E-state index contributed by atoms with van der Waals surface area (Å²) in [5, 5.41) is 3.46. The highest BCUT2D eigenvalue weighted by Gasteiger charge is 2.13. The molecule has 5 N–H and O–H groups in total. The molecule has 0 saturated heterocycles. The quantitative estimate of drug-likeness (QED) is 0.753. The van der Waals surface area contributed by atoms with Crippen LogP contribution < -0.4 is 16.8 Å². The van der Waals surface area contributed by atoms with Crippen molar-refractivity contribution >= 4 is 34.6 Å². The van der Waals surface area contributed by atoms with Crippen LogP contribution >= 0.6 is 11.6 Å². The van der Waals surface area contributed by atoms with E-state index in [0.29, 0.717) is 16.4 Å². The minimum absolute atomic E-state index is 0.270. The standard InChI is InChI=1S/C14H14ClN3O/c1-8-3-2-4-10(5-8)18-13-11(14(17)19)6-9(16)7-12(13)15/h2-7,18H,16H2,1H3,(H2,17,19). The molecule has 1 amide bonds. The van der Waals surface area contributed by atoms with Crippen molar-refractivity contribution in [1.29, 1.82) is 0 Å². The van der Waals surface area contributed by atoms with E-state index in [9.17, 15) is 4.79 Å². The van der Waals surface area contributed by atoms with Gasteiger partial charge >= 0.3 is 0 Å². The Hall–Kier alpha value is -2.20. The maximum absolute atomic E-state index is 11.5. The van der Waals surface area contributed by atoms with E-state index in [1.165, 1.54) is 6.07 Å². The molecule has 5 heteroatoms. The fourth-order valence-corrected chi connectivity index (χ4v) is 2.09. The van der Waals surface area contributed by atoms with Crippen LogP contribution in [0.1, 0.15) is 15.9 Å². The molecule has 0 saturated carbocycles. The number of nitrogens with one attached hydrogen (secondary N) is 1. The van der Waals surface area contributed by atoms with Gasteiger partial charge in [0.25, 0.3) is 5.91 Å². The van der Waals surface area contributed by atoms with Crippen LogP contribution in [0.3, 0.4) is 0 Å². The number of anilines is 3. The first-order valence-corrected chi connectivity index (χ1v) is 6.07. The van der Waals surface area contributed by atoms with Crippen molar-refractivity contribution in [2.45, 2.75) is 6.92 Å². The zero-order valence-electron chi connectivity index (χ0n) is 10.4. The van der Waals surface area contributed by atoms with Gasteiger partial charge in [-0.25, -0.2) is 0 Å². The minimum Gasteiger partial charge on any atom is -0.399 e. The molecule has 0 aromatic heterocycles. The second kappa shape index (κ2) is 5.20. The van der Waals surface area contributed by atoms with Crippen molar-refractivity contribution in [3.8, 4) is 0 Å². The zero-order valence-corrected chi connectivity index (χ0v) is 11.2. The summed E-state index contributed by atoms with van der Waals surface area (Å²) in [4.78, 5) is 11.5. The Kier molecular flexibility index (Phi) is 3.62. The lowest BCUT2D eigenvalue weighted by molar-refractivity contribution is 0.100. The van der Waals surface area contributed by atoms with Crippen molar-refractivity contribution in [1.82, 2.24) is 0 Å². The van der Waals surface area contributed by atoms with E-state index in [2.05, 4.69) is 5.32 Å². The predicted octanol–water partition coefficient (Wildman–Crippen LogP) is 3.07. The van der Waals surface area contributed by atoms with Gasteiger partial charge in [0.1, 0.15) is 0 Å². The molecule has 19 heavy (non-hydrogen) atoms. The van der Waals surface area contributed by atoms with Crippen LogP contribution in [0, 0.1) is 6.92 Å². The number of aryl methyl sites for hydroxylation is 1. The summed E-state index contributed by atoms with van der Waals surface area (Å²) in [6, 6.07) is 10.8. The maximum atomic E-state index is 11.5. The van der Waals surface area contributed by atoms with Crippen LogP contribution in [0.5, 0.6) is 0 Å². The lowest BCUT2D eigenvalue weighted by Gasteiger charge is -2.13. The first-order valence-electron chi connectivity index (χ1n) is 5.70. The van der Waals surface area contributed by atoms with Gasteiger partial charge in [-0.2, -0.15) is 0 Å². The normalized spacial score (nSPS) is 10.2. The van der Waals surface area contributed by atoms with Crippen LogP contribution in [0.4, 0.5) is 17.1 Å². The average molecular weight is 276 g/mol. The van der Waals surface area contributed by atoms with Gasteiger partial charge in [0.2, 0.25) is 0 Å². The maximum Gasteiger partial charge on any atom is 0.250 e. The summed E-state index contributed by atoms with van der Waals surface area (Å²) >= 11 is 6.12. The summed E-state index contributed by atoms with van der Waals surface area (Å²) in [7, 11) is 0. The monoisotopic (exact) mass is 275 g/mol. The fraction of sp³-hybridized carbons (Fsp3) is 0.0714. The highest BCUT2D eigenvalue weighted by Crippen LogP contribution is 2.31. The number of hydrogen-bond acceptors (Lipinski definition) is 3. The summed E-state index contributed by atoms with van der Waals surface area (Å²) < 4.78 is 0. The molecule has 2 rings (SSSR count). The van der Waals surface area contributed by atoms with Crippen LogP contribution in [-0.2, 0) is 0 Å². The summed E-state index contributed by atoms with van der Waals surface area (Å²) in [6.07, 6.45) is 0. The van der Waals surface area contributed by atoms with E-state index in [1.807, 2.05) is 31.2 Å². The van der Waals surface area contributed by atoms with Crippen molar-refractivity contribution in [3.63, 3.8) is 0 Å². The van der Waals surface area contributed by atoms with E-state index >= 15 is 0 Å². The molecule has 0 heterocycles. The number of nitrogens with two attached hydrogens (primary N) is 2. The van der Waals surface area contributed by atoms with Crippen molar-refractivity contribution < 1.29 is 4.79 Å². The van der Waals surface area contributed by atoms with Gasteiger partial charge in [-0.3, -0.25) is 4.79 Å². The fourth-order valence-electron chi connectivity index (χ4n) is 1.82. The molecule has 0 fully saturated rings. The molecule has 0 radical (unpaired) electrons. The van der Waals surface area contributed by atoms with E-state index in [-0.39, 0.29) is 5.56 Å². The Labute approximate surface area is 116 Å². The second-order valence-corrected chi connectivity index (χ2v) is 4.69. The number of hydrogen-bond donors (Lipinski definition) is 3. The molecule has 0 bridgehead atoms. The van der Waals surface area contributed by atoms with E-state index in [1.54, 1.807) is 6.07 Å². The third-order valence-electron chi connectivity index (χ3n) is 2.67. The second-order valence-electron chi connectivity index (χ2n) is 4.28. The predicted molar refractivity (Wildman–Crippen MR) is 78.8 cm³/mol. The molecule has 98 valence electrons. The Morgan fingerprint density at radius 1 is 1.26 bits per heavy atom. The highest BCUT2D eigenvalue weighted by molar-refractivity contribution is 6.34. The summed E-state index contributed by atoms with van der Waals surface area (Å²) in [6.45, 7) is 1.98. The SMILES string of the molecule is Cc1cccc(Nc2c(Cl)cc(N)cc2C(N)=O)c1.